The van der Waals surface area contributed by atoms with E-state index in [-0.39, 0.29) is 58.4 Å². The summed E-state index contributed by atoms with van der Waals surface area (Å²) in [5.41, 5.74) is 6.87. The number of hydrogen-bond donors (Lipinski definition) is 2. The van der Waals surface area contributed by atoms with Crippen LogP contribution in [0, 0.1) is 6.92 Å². The third-order valence-electron chi connectivity index (χ3n) is 6.97. The Hall–Kier alpha value is -3.34. The number of aromatic nitrogens is 5. The van der Waals surface area contributed by atoms with Crippen molar-refractivity contribution < 1.29 is 57.3 Å². The summed E-state index contributed by atoms with van der Waals surface area (Å²) in [5, 5.41) is 4.90. The van der Waals surface area contributed by atoms with Gasteiger partial charge in [0.15, 0.2) is 5.82 Å². The van der Waals surface area contributed by atoms with Crippen molar-refractivity contribution in [2.75, 3.05) is 0 Å². The van der Waals surface area contributed by atoms with Gasteiger partial charge in [-0.05, 0) is 59.2 Å². The average Bonchev–Trinajstić information content (AvgIpc) is 3.60. The van der Waals surface area contributed by atoms with Crippen molar-refractivity contribution in [3.05, 3.63) is 117 Å². The maximum atomic E-state index is 13.9. The molecule has 0 spiro atoms. The van der Waals surface area contributed by atoms with Crippen LogP contribution in [0.3, 0.4) is 0 Å². The first kappa shape index (κ1) is 28.2. The van der Waals surface area contributed by atoms with Gasteiger partial charge in [0.1, 0.15) is 5.82 Å². The van der Waals surface area contributed by atoms with Crippen LogP contribution < -0.4 is 62.7 Å². The third kappa shape index (κ3) is 5.48. The summed E-state index contributed by atoms with van der Waals surface area (Å²) in [7, 11) is 0. The van der Waals surface area contributed by atoms with Crippen LogP contribution in [0.4, 0.5) is 0 Å². The Morgan fingerprint density at radius 3 is 2.42 bits per heavy atom. The molecule has 0 fully saturated rings. The first-order valence-corrected chi connectivity index (χ1v) is 12.9. The van der Waals surface area contributed by atoms with Crippen molar-refractivity contribution in [1.82, 2.24) is 24.7 Å². The molecule has 0 saturated heterocycles. The zero-order valence-corrected chi connectivity index (χ0v) is 25.8. The van der Waals surface area contributed by atoms with E-state index in [0.29, 0.717) is 24.4 Å². The number of nitrogens with zero attached hydrogens (tertiary/aromatic N) is 3. The van der Waals surface area contributed by atoms with Gasteiger partial charge in [0.05, 0.1) is 17.8 Å². The Balaban J connectivity index is 0.00000194. The van der Waals surface area contributed by atoms with Gasteiger partial charge in [-0.15, -0.1) is 0 Å². The minimum absolute atomic E-state index is 0. The molecule has 6 aromatic rings. The second-order valence-corrected chi connectivity index (χ2v) is 9.60. The van der Waals surface area contributed by atoms with E-state index in [4.69, 9.17) is 9.51 Å². The minimum Gasteiger partial charge on any atom is -1.00 e. The monoisotopic (exact) mass is 557 g/mol. The molecule has 0 radical (unpaired) electrons. The fourth-order valence-electron chi connectivity index (χ4n) is 5.10. The summed E-state index contributed by atoms with van der Waals surface area (Å²) in [6.07, 6.45) is 3.50. The number of rotatable bonds is 7. The van der Waals surface area contributed by atoms with Crippen LogP contribution in [0.1, 0.15) is 31.9 Å². The van der Waals surface area contributed by atoms with Crippen LogP contribution in [0.25, 0.3) is 44.5 Å². The molecule has 6 rings (SSSR count). The van der Waals surface area contributed by atoms with Crippen LogP contribution in [0.2, 0.25) is 0 Å². The number of hydrogen-bond acceptors (Lipinski definition) is 5. The molecule has 0 aliphatic carbocycles. The Labute approximate surface area is 274 Å². The number of aryl methyl sites for hydroxylation is 2. The van der Waals surface area contributed by atoms with E-state index in [1.807, 2.05) is 85.9 Å². The molecule has 2 N–H and O–H groups in total. The molecule has 3 heterocycles. The van der Waals surface area contributed by atoms with Gasteiger partial charge in [-0.1, -0.05) is 66.7 Å². The van der Waals surface area contributed by atoms with Crippen molar-refractivity contribution in [1.29, 1.82) is 0 Å². The Bertz CT molecular complexity index is 1920. The minimum atomic E-state index is -0.595. The summed E-state index contributed by atoms with van der Waals surface area (Å²) in [5.74, 6) is 0.574. The second kappa shape index (κ2) is 12.0. The zero-order chi connectivity index (χ0) is 26.9. The van der Waals surface area contributed by atoms with Crippen LogP contribution in [-0.4, -0.2) is 24.7 Å². The summed E-state index contributed by atoms with van der Waals surface area (Å²) in [6.45, 7) is 4.42. The van der Waals surface area contributed by atoms with Gasteiger partial charge in [-0.25, -0.2) is 9.78 Å². The first-order chi connectivity index (χ1) is 19.0. The molecular formula is C31H28KN5O3. The normalized spacial score (nSPS) is 11.1. The average molecular weight is 558 g/mol. The molecule has 0 unspecified atom stereocenters. The van der Waals surface area contributed by atoms with E-state index in [2.05, 4.69) is 22.0 Å². The maximum Gasteiger partial charge on any atom is 1.00 e. The first-order valence-electron chi connectivity index (χ1n) is 12.9. The van der Waals surface area contributed by atoms with E-state index in [1.54, 1.807) is 4.57 Å². The quantitative estimate of drug-likeness (QED) is 0.294. The molecule has 0 bridgehead atoms. The van der Waals surface area contributed by atoms with Gasteiger partial charge in [-0.2, -0.15) is 0 Å². The van der Waals surface area contributed by atoms with Crippen molar-refractivity contribution in [2.45, 2.75) is 33.2 Å². The van der Waals surface area contributed by atoms with Crippen LogP contribution in [-0.2, 0) is 13.0 Å². The third-order valence-corrected chi connectivity index (χ3v) is 6.97. The number of nitrogens with one attached hydrogen (secondary N) is 2. The predicted molar refractivity (Wildman–Crippen MR) is 153 cm³/mol. The largest absolute Gasteiger partial charge is 1.00 e. The van der Waals surface area contributed by atoms with E-state index >= 15 is 0 Å². The zero-order valence-electron chi connectivity index (χ0n) is 23.7. The maximum absolute atomic E-state index is 13.9. The van der Waals surface area contributed by atoms with Gasteiger partial charge in [-0.3, -0.25) is 18.9 Å². The summed E-state index contributed by atoms with van der Waals surface area (Å²) >= 11 is 0. The number of benzene rings is 3. The summed E-state index contributed by atoms with van der Waals surface area (Å²) in [4.78, 5) is 36.1. The van der Waals surface area contributed by atoms with Gasteiger partial charge in [0, 0.05) is 23.7 Å². The molecule has 3 aromatic heterocycles. The topological polar surface area (TPSA) is 110 Å². The van der Waals surface area contributed by atoms with Crippen molar-refractivity contribution in [3.8, 4) is 33.6 Å². The smallest absolute Gasteiger partial charge is 1.00 e. The van der Waals surface area contributed by atoms with E-state index in [9.17, 15) is 9.59 Å². The molecule has 0 aliphatic heterocycles. The Kier molecular flexibility index (Phi) is 8.48. The van der Waals surface area contributed by atoms with E-state index in [0.717, 1.165) is 56.7 Å². The fourth-order valence-corrected chi connectivity index (χ4v) is 5.10. The van der Waals surface area contributed by atoms with Crippen LogP contribution in [0.5, 0.6) is 0 Å². The molecule has 0 atom stereocenters. The fraction of sp³-hybridized carbons (Fsp3) is 0.161. The molecule has 196 valence electrons. The second-order valence-electron chi connectivity index (χ2n) is 9.60. The number of aromatic amines is 2. The molecule has 40 heavy (non-hydrogen) atoms. The van der Waals surface area contributed by atoms with Crippen molar-refractivity contribution in [3.63, 3.8) is 0 Å². The van der Waals surface area contributed by atoms with E-state index < -0.39 is 5.76 Å². The van der Waals surface area contributed by atoms with Crippen LogP contribution in [0.15, 0.2) is 93.1 Å². The molecule has 0 amide bonds. The van der Waals surface area contributed by atoms with Gasteiger partial charge >= 0.3 is 57.1 Å². The van der Waals surface area contributed by atoms with Gasteiger partial charge < -0.3 is 6.41 Å². The molecule has 3 aromatic carbocycles. The van der Waals surface area contributed by atoms with E-state index in [1.165, 1.54) is 0 Å². The van der Waals surface area contributed by atoms with Crippen LogP contribution >= 0.6 is 0 Å². The van der Waals surface area contributed by atoms with Crippen molar-refractivity contribution >= 4 is 10.9 Å². The Morgan fingerprint density at radius 2 is 1.70 bits per heavy atom. The summed E-state index contributed by atoms with van der Waals surface area (Å²) in [6, 6.07) is 23.8. The standard InChI is InChI=1S/C31H27N5O3.K.H/c1-3-6-27-33-19(2)28(23-13-14-26-22(17-23)15-16-32-26)30(37)36(27)18-20-9-11-21(12-10-20)24-7-4-5-8-25(24)29-34-31(38)39-35-29;;/h4-5,7-17,32H,3,6,18H2,1-2H3,(H,34,35,38);;/q;+1;-1. The summed E-state index contributed by atoms with van der Waals surface area (Å²) < 4.78 is 6.51. The number of H-pyrrole nitrogens is 2. The van der Waals surface area contributed by atoms with Gasteiger partial charge in [0.25, 0.3) is 5.56 Å². The van der Waals surface area contributed by atoms with Crippen molar-refractivity contribution in [2.24, 2.45) is 0 Å². The molecular weight excluding hydrogens is 529 g/mol. The SMILES string of the molecule is CCCc1nc(C)c(-c2ccc3[nH]ccc3c2)c(=O)n1Cc1ccc(-c2ccccc2-c2noc(=O)[nH]2)cc1.[H-].[K+]. The molecule has 8 nitrogen and oxygen atoms in total. The molecule has 0 saturated carbocycles. The predicted octanol–water partition coefficient (Wildman–Crippen LogP) is 2.83. The molecule has 0 aliphatic rings. The molecule has 9 heteroatoms. The van der Waals surface area contributed by atoms with Gasteiger partial charge in [0.2, 0.25) is 0 Å². The Morgan fingerprint density at radius 1 is 0.950 bits per heavy atom. The number of fused-ring (bicyclic) bond motifs is 1.